The minimum Gasteiger partial charge on any atom is -0.258 e. The van der Waals surface area contributed by atoms with Crippen LogP contribution in [0.25, 0.3) is 10.9 Å². The van der Waals surface area contributed by atoms with Gasteiger partial charge in [-0.1, -0.05) is 35.6 Å². The van der Waals surface area contributed by atoms with Crippen LogP contribution in [-0.4, -0.2) is 16.5 Å². The molecule has 0 N–H and O–H groups in total. The van der Waals surface area contributed by atoms with Gasteiger partial charge in [-0.3, -0.25) is 15.1 Å². The number of benzene rings is 2. The molecule has 0 amide bonds. The number of aromatic nitrogens is 1. The molecule has 1 aliphatic heterocycles. The average Bonchev–Trinajstić information content (AvgIpc) is 3.11. The van der Waals surface area contributed by atoms with E-state index in [9.17, 15) is 10.1 Å². The number of nitro benzene ring substituents is 1. The molecule has 0 bridgehead atoms. The van der Waals surface area contributed by atoms with Crippen LogP contribution in [0.5, 0.6) is 0 Å². The summed E-state index contributed by atoms with van der Waals surface area (Å²) in [5.41, 5.74) is 2.40. The first-order valence-corrected chi connectivity index (χ1v) is 7.49. The summed E-state index contributed by atoms with van der Waals surface area (Å²) in [5.74, 6) is 0. The van der Waals surface area contributed by atoms with Crippen molar-refractivity contribution in [1.82, 2.24) is 4.98 Å². The second kappa shape index (κ2) is 5.69. The quantitative estimate of drug-likeness (QED) is 0.538. The van der Waals surface area contributed by atoms with Crippen molar-refractivity contribution in [2.24, 2.45) is 10.3 Å². The first-order chi connectivity index (χ1) is 11.7. The number of fused-ring (bicyclic) bond motifs is 1. The Balaban J connectivity index is 1.72. The van der Waals surface area contributed by atoms with Crippen molar-refractivity contribution in [3.05, 3.63) is 76.5 Å². The molecule has 7 nitrogen and oxygen atoms in total. The van der Waals surface area contributed by atoms with Crippen LogP contribution in [0.4, 0.5) is 11.4 Å². The predicted molar refractivity (Wildman–Crippen MR) is 89.8 cm³/mol. The van der Waals surface area contributed by atoms with Gasteiger partial charge in [-0.15, -0.1) is 0 Å². The van der Waals surface area contributed by atoms with Crippen LogP contribution < -0.4 is 5.01 Å². The van der Waals surface area contributed by atoms with Gasteiger partial charge in [-0.2, -0.15) is 5.11 Å². The lowest BCUT2D eigenvalue weighted by molar-refractivity contribution is -0.384. The minimum atomic E-state index is -0.417. The van der Waals surface area contributed by atoms with Gasteiger partial charge in [0.15, 0.2) is 0 Å². The van der Waals surface area contributed by atoms with E-state index >= 15 is 0 Å². The van der Waals surface area contributed by atoms with Gasteiger partial charge in [-0.25, -0.2) is 5.01 Å². The van der Waals surface area contributed by atoms with Gasteiger partial charge >= 0.3 is 0 Å². The molecule has 24 heavy (non-hydrogen) atoms. The Kier molecular flexibility index (Phi) is 3.38. The van der Waals surface area contributed by atoms with Crippen LogP contribution >= 0.6 is 0 Å². The number of non-ortho nitro benzene ring substituents is 1. The third-order valence-electron chi connectivity index (χ3n) is 3.98. The van der Waals surface area contributed by atoms with Gasteiger partial charge in [0.1, 0.15) is 6.04 Å². The van der Waals surface area contributed by atoms with E-state index in [2.05, 4.69) is 10.3 Å². The molecule has 7 heteroatoms. The highest BCUT2D eigenvalue weighted by atomic mass is 16.6. The van der Waals surface area contributed by atoms with Crippen LogP contribution in [-0.2, 0) is 0 Å². The van der Waals surface area contributed by atoms with Gasteiger partial charge in [0, 0.05) is 17.5 Å². The lowest BCUT2D eigenvalue weighted by atomic mass is 10.1. The SMILES string of the molecule is O=[N+]([O-])c1cccc(N2N=NCC2c2ccc3ccccc3n2)c1. The van der Waals surface area contributed by atoms with Crippen molar-refractivity contribution < 1.29 is 4.92 Å². The van der Waals surface area contributed by atoms with Crippen molar-refractivity contribution in [2.45, 2.75) is 6.04 Å². The number of para-hydroxylation sites is 1. The molecular weight excluding hydrogens is 306 g/mol. The molecule has 1 aromatic heterocycles. The third-order valence-corrected chi connectivity index (χ3v) is 3.98. The maximum absolute atomic E-state index is 11.0. The number of hydrogen-bond acceptors (Lipinski definition) is 6. The van der Waals surface area contributed by atoms with Crippen molar-refractivity contribution in [3.8, 4) is 0 Å². The van der Waals surface area contributed by atoms with Crippen LogP contribution in [0.2, 0.25) is 0 Å². The molecule has 118 valence electrons. The fourth-order valence-corrected chi connectivity index (χ4v) is 2.79. The topological polar surface area (TPSA) is 84.0 Å². The van der Waals surface area contributed by atoms with Gasteiger partial charge in [0.05, 0.1) is 28.4 Å². The molecule has 0 saturated carbocycles. The molecule has 0 aliphatic carbocycles. The Labute approximate surface area is 137 Å². The average molecular weight is 319 g/mol. The van der Waals surface area contributed by atoms with Crippen LogP contribution in [0.1, 0.15) is 11.7 Å². The van der Waals surface area contributed by atoms with Crippen molar-refractivity contribution in [1.29, 1.82) is 0 Å². The molecule has 2 aromatic carbocycles. The van der Waals surface area contributed by atoms with E-state index in [0.29, 0.717) is 12.2 Å². The normalized spacial score (nSPS) is 16.7. The Morgan fingerprint density at radius 2 is 1.96 bits per heavy atom. The zero-order chi connectivity index (χ0) is 16.5. The summed E-state index contributed by atoms with van der Waals surface area (Å²) in [6, 6.07) is 18.1. The minimum absolute atomic E-state index is 0.0276. The summed E-state index contributed by atoms with van der Waals surface area (Å²) in [6.45, 7) is 0.466. The maximum Gasteiger partial charge on any atom is 0.271 e. The maximum atomic E-state index is 11.0. The molecule has 2 heterocycles. The summed E-state index contributed by atoms with van der Waals surface area (Å²) in [5, 5.41) is 22.0. The van der Waals surface area contributed by atoms with E-state index in [4.69, 9.17) is 4.98 Å². The molecule has 0 spiro atoms. The van der Waals surface area contributed by atoms with Crippen LogP contribution in [0, 0.1) is 10.1 Å². The highest BCUT2D eigenvalue weighted by Gasteiger charge is 2.27. The molecule has 1 atom stereocenters. The van der Waals surface area contributed by atoms with E-state index in [1.54, 1.807) is 17.1 Å². The number of pyridine rings is 1. The number of nitro groups is 1. The fourth-order valence-electron chi connectivity index (χ4n) is 2.79. The van der Waals surface area contributed by atoms with E-state index in [1.165, 1.54) is 12.1 Å². The zero-order valence-corrected chi connectivity index (χ0v) is 12.6. The number of nitrogens with zero attached hydrogens (tertiary/aromatic N) is 5. The molecule has 1 aliphatic rings. The second-order valence-electron chi connectivity index (χ2n) is 5.48. The third kappa shape index (κ3) is 2.45. The Bertz CT molecular complexity index is 956. The zero-order valence-electron chi connectivity index (χ0n) is 12.6. The van der Waals surface area contributed by atoms with E-state index in [-0.39, 0.29) is 11.7 Å². The van der Waals surface area contributed by atoms with Crippen molar-refractivity contribution in [2.75, 3.05) is 11.6 Å². The molecular formula is C17H13N5O2. The highest BCUT2D eigenvalue weighted by molar-refractivity contribution is 5.78. The molecule has 0 saturated heterocycles. The summed E-state index contributed by atoms with van der Waals surface area (Å²) >= 11 is 0. The predicted octanol–water partition coefficient (Wildman–Crippen LogP) is 4.07. The van der Waals surface area contributed by atoms with Gasteiger partial charge in [0.25, 0.3) is 5.69 Å². The number of anilines is 1. The van der Waals surface area contributed by atoms with E-state index < -0.39 is 4.92 Å². The Morgan fingerprint density at radius 3 is 2.83 bits per heavy atom. The van der Waals surface area contributed by atoms with Gasteiger partial charge in [-0.05, 0) is 18.2 Å². The standard InChI is InChI=1S/C17H13N5O2/c23-22(24)14-6-3-5-13(10-14)21-17(11-18-20-21)16-9-8-12-4-1-2-7-15(12)19-16/h1-10,17H,11H2. The Hall–Kier alpha value is -3.35. The summed E-state index contributed by atoms with van der Waals surface area (Å²) in [6.07, 6.45) is 0. The molecule has 1 unspecified atom stereocenters. The summed E-state index contributed by atoms with van der Waals surface area (Å²) < 4.78 is 0. The molecule has 4 rings (SSSR count). The van der Waals surface area contributed by atoms with Crippen molar-refractivity contribution >= 4 is 22.3 Å². The van der Waals surface area contributed by atoms with E-state index in [0.717, 1.165) is 16.6 Å². The molecule has 0 fully saturated rings. The van der Waals surface area contributed by atoms with Crippen molar-refractivity contribution in [3.63, 3.8) is 0 Å². The fraction of sp³-hybridized carbons (Fsp3) is 0.118. The lowest BCUT2D eigenvalue weighted by Gasteiger charge is -2.21. The smallest absolute Gasteiger partial charge is 0.258 e. The summed E-state index contributed by atoms with van der Waals surface area (Å²) in [4.78, 5) is 15.3. The first-order valence-electron chi connectivity index (χ1n) is 7.49. The largest absolute Gasteiger partial charge is 0.271 e. The van der Waals surface area contributed by atoms with E-state index in [1.807, 2.05) is 36.4 Å². The van der Waals surface area contributed by atoms with Gasteiger partial charge in [0.2, 0.25) is 0 Å². The van der Waals surface area contributed by atoms with Crippen LogP contribution in [0.3, 0.4) is 0 Å². The Morgan fingerprint density at radius 1 is 1.08 bits per heavy atom. The monoisotopic (exact) mass is 319 g/mol. The number of rotatable bonds is 3. The summed E-state index contributed by atoms with van der Waals surface area (Å²) in [7, 11) is 0. The second-order valence-corrected chi connectivity index (χ2v) is 5.48. The van der Waals surface area contributed by atoms with Gasteiger partial charge < -0.3 is 0 Å². The van der Waals surface area contributed by atoms with Crippen LogP contribution in [0.15, 0.2) is 71.0 Å². The molecule has 3 aromatic rings. The highest BCUT2D eigenvalue weighted by Crippen LogP contribution is 2.33. The first kappa shape index (κ1) is 14.3. The molecule has 0 radical (unpaired) electrons. The lowest BCUT2D eigenvalue weighted by Crippen LogP contribution is -2.21. The number of hydrogen-bond donors (Lipinski definition) is 0.